The number of allylic oxidation sites excluding steroid dienone is 4. The predicted octanol–water partition coefficient (Wildman–Crippen LogP) is 3.59. The van der Waals surface area contributed by atoms with Gasteiger partial charge in [0.05, 0.1) is 6.61 Å². The van der Waals surface area contributed by atoms with Crippen LogP contribution >= 0.6 is 0 Å². The molecule has 1 unspecified atom stereocenters. The van der Waals surface area contributed by atoms with Crippen LogP contribution in [0.15, 0.2) is 35.6 Å². The van der Waals surface area contributed by atoms with E-state index in [1.54, 1.807) is 6.08 Å². The lowest BCUT2D eigenvalue weighted by Gasteiger charge is -2.18. The van der Waals surface area contributed by atoms with Gasteiger partial charge >= 0.3 is 0 Å². The molecule has 2 atom stereocenters. The van der Waals surface area contributed by atoms with E-state index < -0.39 is 12.0 Å². The number of hydrogen-bond acceptors (Lipinski definition) is 2. The van der Waals surface area contributed by atoms with Crippen LogP contribution in [0.2, 0.25) is 0 Å². The molecule has 0 radical (unpaired) electrons. The second-order valence-electron chi connectivity index (χ2n) is 4.46. The van der Waals surface area contributed by atoms with Crippen molar-refractivity contribution in [2.75, 3.05) is 6.61 Å². The number of alkyl halides is 2. The molecule has 4 heteroatoms. The summed E-state index contributed by atoms with van der Waals surface area (Å²) < 4.78 is 32.5. The summed E-state index contributed by atoms with van der Waals surface area (Å²) in [6.07, 6.45) is 6.82. The van der Waals surface area contributed by atoms with Gasteiger partial charge in [-0.15, -0.1) is 0 Å². The molecule has 0 aromatic heterocycles. The molecule has 0 aromatic rings. The van der Waals surface area contributed by atoms with Crippen LogP contribution in [0.4, 0.5) is 8.78 Å². The smallest absolute Gasteiger partial charge is 0.229 e. The van der Waals surface area contributed by atoms with E-state index in [9.17, 15) is 13.9 Å². The van der Waals surface area contributed by atoms with Crippen molar-refractivity contribution >= 4 is 0 Å². The van der Waals surface area contributed by atoms with Crippen molar-refractivity contribution in [2.45, 2.75) is 45.1 Å². The predicted molar refractivity (Wildman–Crippen MR) is 67.4 cm³/mol. The van der Waals surface area contributed by atoms with E-state index in [-0.39, 0.29) is 5.57 Å². The lowest BCUT2D eigenvalue weighted by molar-refractivity contribution is -0.0417. The van der Waals surface area contributed by atoms with Crippen molar-refractivity contribution < 1.29 is 18.6 Å². The van der Waals surface area contributed by atoms with Crippen LogP contribution in [0.5, 0.6) is 0 Å². The Balaban J connectivity index is 2.60. The zero-order valence-corrected chi connectivity index (χ0v) is 10.8. The molecule has 0 bridgehead atoms. The normalized spacial score (nSPS) is 22.8. The molecule has 1 aliphatic rings. The Morgan fingerprint density at radius 1 is 1.44 bits per heavy atom. The Morgan fingerprint density at radius 3 is 2.78 bits per heavy atom. The second kappa shape index (κ2) is 6.69. The summed E-state index contributed by atoms with van der Waals surface area (Å²) in [6, 6.07) is 0. The highest BCUT2D eigenvalue weighted by Gasteiger charge is 2.31. The molecule has 0 amide bonds. The van der Waals surface area contributed by atoms with Gasteiger partial charge < -0.3 is 9.84 Å². The summed E-state index contributed by atoms with van der Waals surface area (Å²) in [5, 5.41) is 9.19. The van der Waals surface area contributed by atoms with E-state index in [2.05, 4.69) is 6.92 Å². The molecular weight excluding hydrogens is 238 g/mol. The highest BCUT2D eigenvalue weighted by atomic mass is 19.2. The number of aliphatic hydroxyl groups is 1. The summed E-state index contributed by atoms with van der Waals surface area (Å²) in [5.41, 5.74) is -0.314. The zero-order valence-electron chi connectivity index (χ0n) is 10.8. The molecule has 0 spiro atoms. The fourth-order valence-corrected chi connectivity index (χ4v) is 1.67. The maximum atomic E-state index is 13.8. The Morgan fingerprint density at radius 2 is 2.17 bits per heavy atom. The van der Waals surface area contributed by atoms with E-state index in [1.165, 1.54) is 18.2 Å². The van der Waals surface area contributed by atoms with Crippen LogP contribution in [0, 0.1) is 0 Å². The maximum Gasteiger partial charge on any atom is 0.229 e. The highest BCUT2D eigenvalue weighted by Crippen LogP contribution is 2.27. The van der Waals surface area contributed by atoms with Crippen LogP contribution in [0.3, 0.4) is 0 Å². The van der Waals surface area contributed by atoms with Gasteiger partial charge in [-0.3, -0.25) is 0 Å². The topological polar surface area (TPSA) is 29.5 Å². The van der Waals surface area contributed by atoms with Gasteiger partial charge in [-0.2, -0.15) is 0 Å². The minimum Gasteiger partial charge on any atom is -0.494 e. The zero-order chi connectivity index (χ0) is 13.6. The molecule has 0 heterocycles. The van der Waals surface area contributed by atoms with Crippen molar-refractivity contribution in [3.8, 4) is 0 Å². The van der Waals surface area contributed by atoms with E-state index in [1.807, 2.05) is 0 Å². The summed E-state index contributed by atoms with van der Waals surface area (Å²) in [4.78, 5) is 0. The fraction of sp³-hybridized carbons (Fsp3) is 0.571. The van der Waals surface area contributed by atoms with Gasteiger partial charge in [-0.25, -0.2) is 8.78 Å². The minimum atomic E-state index is -2.65. The summed E-state index contributed by atoms with van der Waals surface area (Å²) >= 11 is 0. The minimum absolute atomic E-state index is 0.314. The molecule has 1 aliphatic carbocycles. The van der Waals surface area contributed by atoms with Gasteiger partial charge in [0.15, 0.2) is 0 Å². The number of ether oxygens (including phenoxy) is 1. The highest BCUT2D eigenvalue weighted by molar-refractivity contribution is 5.34. The molecule has 0 fully saturated rings. The third-order valence-electron chi connectivity index (χ3n) is 2.69. The van der Waals surface area contributed by atoms with Gasteiger partial charge in [-0.05, 0) is 25.5 Å². The molecule has 1 rings (SSSR count). The van der Waals surface area contributed by atoms with E-state index in [0.717, 1.165) is 26.2 Å². The lowest BCUT2D eigenvalue weighted by atomic mass is 10.0. The molecule has 0 aromatic carbocycles. The van der Waals surface area contributed by atoms with Crippen LogP contribution in [-0.4, -0.2) is 23.7 Å². The van der Waals surface area contributed by atoms with Crippen molar-refractivity contribution in [1.29, 1.82) is 0 Å². The number of halogens is 2. The van der Waals surface area contributed by atoms with Gasteiger partial charge in [0.1, 0.15) is 11.9 Å². The second-order valence-corrected chi connectivity index (χ2v) is 4.46. The number of unbranched alkanes of at least 4 members (excludes halogenated alkanes) is 2. The van der Waals surface area contributed by atoms with E-state index >= 15 is 0 Å². The number of rotatable bonds is 6. The number of hydrogen-bond donors (Lipinski definition) is 1. The first-order valence-corrected chi connectivity index (χ1v) is 6.24. The first-order chi connectivity index (χ1) is 8.45. The Kier molecular flexibility index (Phi) is 5.54. The first-order valence-electron chi connectivity index (χ1n) is 6.24. The van der Waals surface area contributed by atoms with Gasteiger partial charge in [0.25, 0.3) is 0 Å². The Bertz CT molecular complexity index is 351. The van der Waals surface area contributed by atoms with Crippen molar-refractivity contribution in [3.05, 3.63) is 35.6 Å². The van der Waals surface area contributed by atoms with Crippen LogP contribution in [-0.2, 0) is 4.74 Å². The van der Waals surface area contributed by atoms with Crippen LogP contribution in [0.25, 0.3) is 0 Å². The first kappa shape index (κ1) is 14.9. The SMILES string of the molecule is CCCCCOC1=CC(F)C([C@@](C)(O)F)=CC=C1. The largest absolute Gasteiger partial charge is 0.494 e. The standard InChI is InChI=1S/C14H20F2O2/c1-3-4-5-9-18-11-7-6-8-12(13(15)10-11)14(2,16)17/h6-8,10,13,17H,3-5,9H2,1-2H3/t13?,14-/m1/s1. The third-order valence-corrected chi connectivity index (χ3v) is 2.69. The van der Waals surface area contributed by atoms with E-state index in [0.29, 0.717) is 12.4 Å². The molecule has 2 nitrogen and oxygen atoms in total. The molecule has 0 saturated carbocycles. The molecule has 1 N–H and O–H groups in total. The van der Waals surface area contributed by atoms with Crippen molar-refractivity contribution in [3.63, 3.8) is 0 Å². The van der Waals surface area contributed by atoms with Crippen molar-refractivity contribution in [1.82, 2.24) is 0 Å². The van der Waals surface area contributed by atoms with Crippen LogP contribution in [0.1, 0.15) is 33.1 Å². The van der Waals surface area contributed by atoms with Gasteiger partial charge in [0, 0.05) is 5.57 Å². The maximum absolute atomic E-state index is 13.8. The average Bonchev–Trinajstić information content (AvgIpc) is 2.45. The molecule has 0 saturated heterocycles. The van der Waals surface area contributed by atoms with Gasteiger partial charge in [-0.1, -0.05) is 31.9 Å². The third kappa shape index (κ3) is 4.61. The Labute approximate surface area is 107 Å². The summed E-state index contributed by atoms with van der Waals surface area (Å²) in [7, 11) is 0. The average molecular weight is 258 g/mol. The summed E-state index contributed by atoms with van der Waals surface area (Å²) in [5.74, 6) is -2.29. The van der Waals surface area contributed by atoms with Crippen molar-refractivity contribution in [2.24, 2.45) is 0 Å². The van der Waals surface area contributed by atoms with E-state index in [4.69, 9.17) is 4.74 Å². The summed E-state index contributed by atoms with van der Waals surface area (Å²) in [6.45, 7) is 3.51. The fourth-order valence-electron chi connectivity index (χ4n) is 1.67. The lowest BCUT2D eigenvalue weighted by Crippen LogP contribution is -2.25. The monoisotopic (exact) mass is 258 g/mol. The Hall–Kier alpha value is -1.16. The molecule has 18 heavy (non-hydrogen) atoms. The van der Waals surface area contributed by atoms with Crippen LogP contribution < -0.4 is 0 Å². The molecular formula is C14H20F2O2. The van der Waals surface area contributed by atoms with Gasteiger partial charge in [0.2, 0.25) is 5.85 Å². The molecule has 0 aliphatic heterocycles. The quantitative estimate of drug-likeness (QED) is 0.738. The molecule has 102 valence electrons.